The van der Waals surface area contributed by atoms with E-state index < -0.39 is 0 Å². The van der Waals surface area contributed by atoms with Gasteiger partial charge in [-0.05, 0) is 31.1 Å². The van der Waals surface area contributed by atoms with Crippen LogP contribution in [0.25, 0.3) is 5.57 Å². The van der Waals surface area contributed by atoms with Gasteiger partial charge in [0.05, 0.1) is 7.11 Å². The molecule has 1 heterocycles. The molecular weight excluding hydrogens is 150 g/mol. The number of methoxy groups -OCH3 is 1. The molecule has 0 amide bonds. The van der Waals surface area contributed by atoms with Gasteiger partial charge in [0.25, 0.3) is 0 Å². The van der Waals surface area contributed by atoms with Gasteiger partial charge in [-0.2, -0.15) is 0 Å². The minimum absolute atomic E-state index is 0.655. The lowest BCUT2D eigenvalue weighted by molar-refractivity contribution is 0.398. The molecule has 1 aromatic rings. The van der Waals surface area contributed by atoms with Crippen molar-refractivity contribution in [1.29, 1.82) is 0 Å². The summed E-state index contributed by atoms with van der Waals surface area (Å²) >= 11 is 0. The monoisotopic (exact) mass is 163 g/mol. The summed E-state index contributed by atoms with van der Waals surface area (Å²) in [6.07, 6.45) is 3.87. The summed E-state index contributed by atoms with van der Waals surface area (Å²) in [6, 6.07) is 3.86. The molecule has 0 saturated heterocycles. The molecule has 2 heteroatoms. The normalized spacial score (nSPS) is 11.4. The molecule has 0 unspecified atom stereocenters. The lowest BCUT2D eigenvalue weighted by Gasteiger charge is -2.01. The van der Waals surface area contributed by atoms with Crippen LogP contribution in [0.4, 0.5) is 0 Å². The second-order valence-corrected chi connectivity index (χ2v) is 2.56. The number of aromatic nitrogens is 1. The minimum Gasteiger partial charge on any atom is -0.481 e. The Morgan fingerprint density at radius 2 is 2.25 bits per heavy atom. The lowest BCUT2D eigenvalue weighted by atomic mass is 10.1. The molecule has 12 heavy (non-hydrogen) atoms. The van der Waals surface area contributed by atoms with E-state index in [1.165, 1.54) is 5.57 Å². The molecule has 0 radical (unpaired) electrons. The number of rotatable bonds is 2. The first-order valence-electron chi connectivity index (χ1n) is 3.91. The van der Waals surface area contributed by atoms with Gasteiger partial charge in [-0.15, -0.1) is 0 Å². The number of hydrogen-bond acceptors (Lipinski definition) is 2. The molecule has 2 nitrogen and oxygen atoms in total. The summed E-state index contributed by atoms with van der Waals surface area (Å²) in [6.45, 7) is 4.07. The maximum Gasteiger partial charge on any atom is 0.212 e. The van der Waals surface area contributed by atoms with Gasteiger partial charge >= 0.3 is 0 Å². The topological polar surface area (TPSA) is 22.1 Å². The molecule has 0 aliphatic rings. The van der Waals surface area contributed by atoms with Gasteiger partial charge in [-0.25, -0.2) is 4.98 Å². The van der Waals surface area contributed by atoms with E-state index in [0.29, 0.717) is 5.88 Å². The molecule has 0 N–H and O–H groups in total. The van der Waals surface area contributed by atoms with Crippen molar-refractivity contribution in [2.45, 2.75) is 13.8 Å². The first-order chi connectivity index (χ1) is 5.77. The van der Waals surface area contributed by atoms with Crippen molar-refractivity contribution in [2.75, 3.05) is 7.11 Å². The highest BCUT2D eigenvalue weighted by Crippen LogP contribution is 2.14. The third kappa shape index (κ3) is 1.84. The van der Waals surface area contributed by atoms with E-state index in [2.05, 4.69) is 18.0 Å². The van der Waals surface area contributed by atoms with Gasteiger partial charge < -0.3 is 4.74 Å². The zero-order valence-electron chi connectivity index (χ0n) is 7.66. The lowest BCUT2D eigenvalue weighted by Crippen LogP contribution is -1.87. The molecule has 0 atom stereocenters. The summed E-state index contributed by atoms with van der Waals surface area (Å²) in [5, 5.41) is 0. The van der Waals surface area contributed by atoms with E-state index >= 15 is 0 Å². The number of ether oxygens (including phenoxy) is 1. The molecule has 0 fully saturated rings. The second-order valence-electron chi connectivity index (χ2n) is 2.56. The molecular formula is C10H13NO. The maximum atomic E-state index is 4.95. The third-order valence-corrected chi connectivity index (χ3v) is 1.83. The Morgan fingerprint density at radius 3 is 2.67 bits per heavy atom. The molecule has 0 saturated carbocycles. The zero-order chi connectivity index (χ0) is 8.97. The van der Waals surface area contributed by atoms with Crippen LogP contribution in [-0.2, 0) is 0 Å². The van der Waals surface area contributed by atoms with Crippen molar-refractivity contribution in [3.63, 3.8) is 0 Å². The largest absolute Gasteiger partial charge is 0.481 e. The molecule has 1 rings (SSSR count). The van der Waals surface area contributed by atoms with Crippen LogP contribution in [0.15, 0.2) is 24.4 Å². The Hall–Kier alpha value is -1.31. The second kappa shape index (κ2) is 3.90. The van der Waals surface area contributed by atoms with Crippen LogP contribution in [0.2, 0.25) is 0 Å². The van der Waals surface area contributed by atoms with Gasteiger partial charge in [-0.3, -0.25) is 0 Å². The smallest absolute Gasteiger partial charge is 0.212 e. The summed E-state index contributed by atoms with van der Waals surface area (Å²) < 4.78 is 4.95. The number of pyridine rings is 1. The van der Waals surface area contributed by atoms with Gasteiger partial charge in [-0.1, -0.05) is 6.08 Å². The standard InChI is InChI=1S/C10H13NO/c1-4-8(2)9-5-6-10(12-3)11-7-9/h4-7H,1-3H3/b8-4-. The zero-order valence-corrected chi connectivity index (χ0v) is 7.66. The highest BCUT2D eigenvalue weighted by Gasteiger charge is 1.95. The fourth-order valence-corrected chi connectivity index (χ4v) is 0.901. The van der Waals surface area contributed by atoms with Gasteiger partial charge in [0, 0.05) is 12.3 Å². The molecule has 0 spiro atoms. The van der Waals surface area contributed by atoms with E-state index in [0.717, 1.165) is 5.56 Å². The fraction of sp³-hybridized carbons (Fsp3) is 0.300. The van der Waals surface area contributed by atoms with Crippen molar-refractivity contribution >= 4 is 5.57 Å². The fourth-order valence-electron chi connectivity index (χ4n) is 0.901. The van der Waals surface area contributed by atoms with Crippen molar-refractivity contribution in [2.24, 2.45) is 0 Å². The summed E-state index contributed by atoms with van der Waals surface area (Å²) in [7, 11) is 1.62. The maximum absolute atomic E-state index is 4.95. The Morgan fingerprint density at radius 1 is 1.50 bits per heavy atom. The van der Waals surface area contributed by atoms with E-state index in [1.54, 1.807) is 7.11 Å². The highest BCUT2D eigenvalue weighted by molar-refractivity contribution is 5.62. The molecule has 0 bridgehead atoms. The highest BCUT2D eigenvalue weighted by atomic mass is 16.5. The average molecular weight is 163 g/mol. The average Bonchev–Trinajstić information content (AvgIpc) is 2.17. The number of allylic oxidation sites excluding steroid dienone is 2. The van der Waals surface area contributed by atoms with Gasteiger partial charge in [0.15, 0.2) is 0 Å². The van der Waals surface area contributed by atoms with Gasteiger partial charge in [0.2, 0.25) is 5.88 Å². The molecule has 0 aliphatic heterocycles. The third-order valence-electron chi connectivity index (χ3n) is 1.83. The van der Waals surface area contributed by atoms with Crippen LogP contribution in [0.1, 0.15) is 19.4 Å². The first kappa shape index (κ1) is 8.78. The number of nitrogens with zero attached hydrogens (tertiary/aromatic N) is 1. The van der Waals surface area contributed by atoms with Crippen LogP contribution in [0.5, 0.6) is 5.88 Å². The quantitative estimate of drug-likeness (QED) is 0.668. The predicted octanol–water partition coefficient (Wildman–Crippen LogP) is 2.51. The molecule has 64 valence electrons. The summed E-state index contributed by atoms with van der Waals surface area (Å²) in [5.74, 6) is 0.655. The van der Waals surface area contributed by atoms with Crippen LogP contribution >= 0.6 is 0 Å². The Bertz CT molecular complexity index is 274. The van der Waals surface area contributed by atoms with E-state index in [-0.39, 0.29) is 0 Å². The van der Waals surface area contributed by atoms with Crippen LogP contribution in [0, 0.1) is 0 Å². The van der Waals surface area contributed by atoms with Crippen molar-refractivity contribution in [3.8, 4) is 5.88 Å². The van der Waals surface area contributed by atoms with Crippen LogP contribution in [0.3, 0.4) is 0 Å². The molecule has 1 aromatic heterocycles. The molecule has 0 aromatic carbocycles. The van der Waals surface area contributed by atoms with Gasteiger partial charge in [0.1, 0.15) is 0 Å². The first-order valence-corrected chi connectivity index (χ1v) is 3.91. The van der Waals surface area contributed by atoms with E-state index in [4.69, 9.17) is 4.74 Å². The Kier molecular flexibility index (Phi) is 2.86. The summed E-state index contributed by atoms with van der Waals surface area (Å²) in [5.41, 5.74) is 2.36. The minimum atomic E-state index is 0.655. The van der Waals surface area contributed by atoms with Crippen molar-refractivity contribution < 1.29 is 4.74 Å². The van der Waals surface area contributed by atoms with Crippen LogP contribution in [-0.4, -0.2) is 12.1 Å². The predicted molar refractivity (Wildman–Crippen MR) is 50.1 cm³/mol. The van der Waals surface area contributed by atoms with E-state index in [1.807, 2.05) is 25.3 Å². The van der Waals surface area contributed by atoms with Crippen molar-refractivity contribution in [3.05, 3.63) is 30.0 Å². The summed E-state index contributed by atoms with van der Waals surface area (Å²) in [4.78, 5) is 4.10. The number of hydrogen-bond donors (Lipinski definition) is 0. The Balaban J connectivity index is 2.92. The molecule has 0 aliphatic carbocycles. The van der Waals surface area contributed by atoms with E-state index in [9.17, 15) is 0 Å². The Labute approximate surface area is 72.9 Å². The van der Waals surface area contributed by atoms with Crippen LogP contribution < -0.4 is 4.74 Å². The SMILES string of the molecule is C/C=C(/C)c1ccc(OC)nc1. The van der Waals surface area contributed by atoms with Crippen molar-refractivity contribution in [1.82, 2.24) is 4.98 Å².